The molecule has 0 aromatic carbocycles. The Hall–Kier alpha value is -2.71. The Bertz CT molecular complexity index is 882. The van der Waals surface area contributed by atoms with Gasteiger partial charge in [0.15, 0.2) is 0 Å². The molecule has 1 aliphatic carbocycles. The lowest BCUT2D eigenvalue weighted by atomic mass is 9.89. The number of carbonyl (C=O) groups excluding carboxylic acids is 2. The van der Waals surface area contributed by atoms with Crippen LogP contribution in [0.2, 0.25) is 0 Å². The molecule has 0 unspecified atom stereocenters. The van der Waals surface area contributed by atoms with E-state index in [4.69, 9.17) is 0 Å². The molecule has 0 spiro atoms. The van der Waals surface area contributed by atoms with Gasteiger partial charge in [-0.1, -0.05) is 0 Å². The summed E-state index contributed by atoms with van der Waals surface area (Å²) >= 11 is 0. The van der Waals surface area contributed by atoms with Gasteiger partial charge < -0.3 is 14.8 Å². The molecule has 2 atom stereocenters. The van der Waals surface area contributed by atoms with Crippen LogP contribution in [-0.2, 0) is 20.0 Å². The zero-order valence-electron chi connectivity index (χ0n) is 14.6. The highest BCUT2D eigenvalue weighted by Crippen LogP contribution is 2.33. The van der Waals surface area contributed by atoms with Crippen LogP contribution >= 0.6 is 0 Å². The second-order valence-electron chi connectivity index (χ2n) is 7.57. The maximum atomic E-state index is 12.8. The molecule has 0 bridgehead atoms. The fraction of sp³-hybridized carbons (Fsp3) is 0.588. The van der Waals surface area contributed by atoms with Crippen molar-refractivity contribution < 1.29 is 9.59 Å². The number of fused-ring (bicyclic) bond motifs is 2. The molecule has 2 aliphatic heterocycles. The molecule has 2 aromatic rings. The minimum Gasteiger partial charge on any atom is -0.347 e. The third-order valence-electron chi connectivity index (χ3n) is 5.71. The van der Waals surface area contributed by atoms with Gasteiger partial charge in [0.1, 0.15) is 11.5 Å². The zero-order valence-corrected chi connectivity index (χ0v) is 14.6. The Morgan fingerprint density at radius 1 is 1.15 bits per heavy atom. The molecule has 1 saturated carbocycles. The Morgan fingerprint density at radius 2 is 1.96 bits per heavy atom. The number of amides is 2. The zero-order chi connectivity index (χ0) is 17.8. The van der Waals surface area contributed by atoms with E-state index in [-0.39, 0.29) is 11.8 Å². The molecule has 9 heteroatoms. The second-order valence-corrected chi connectivity index (χ2v) is 7.57. The van der Waals surface area contributed by atoms with Crippen molar-refractivity contribution in [2.24, 2.45) is 18.9 Å². The van der Waals surface area contributed by atoms with E-state index in [0.29, 0.717) is 49.0 Å². The highest BCUT2D eigenvalue weighted by Gasteiger charge is 2.41. The van der Waals surface area contributed by atoms with Gasteiger partial charge in [0.2, 0.25) is 5.82 Å². The quantitative estimate of drug-likeness (QED) is 0.826. The van der Waals surface area contributed by atoms with Crippen molar-refractivity contribution in [1.29, 1.82) is 0 Å². The number of likely N-dealkylation sites (tertiary alicyclic amines) is 1. The van der Waals surface area contributed by atoms with Gasteiger partial charge >= 0.3 is 0 Å². The summed E-state index contributed by atoms with van der Waals surface area (Å²) in [5.41, 5.74) is 0.604. The molecule has 0 radical (unpaired) electrons. The van der Waals surface area contributed by atoms with Gasteiger partial charge in [-0.2, -0.15) is 5.10 Å². The first-order valence-electron chi connectivity index (χ1n) is 9.10. The lowest BCUT2D eigenvalue weighted by Gasteiger charge is -2.25. The van der Waals surface area contributed by atoms with Crippen LogP contribution in [0, 0.1) is 11.8 Å². The van der Waals surface area contributed by atoms with Gasteiger partial charge in [-0.3, -0.25) is 14.3 Å². The summed E-state index contributed by atoms with van der Waals surface area (Å²) in [6.45, 7) is 2.09. The van der Waals surface area contributed by atoms with Gasteiger partial charge in [-0.15, -0.1) is 10.2 Å². The summed E-state index contributed by atoms with van der Waals surface area (Å²) in [7, 11) is 1.78. The Morgan fingerprint density at radius 3 is 2.69 bits per heavy atom. The topological polar surface area (TPSA) is 97.9 Å². The minimum absolute atomic E-state index is 0.0156. The summed E-state index contributed by atoms with van der Waals surface area (Å²) in [5.74, 6) is 1.82. The van der Waals surface area contributed by atoms with Crippen molar-refractivity contribution >= 4 is 11.8 Å². The van der Waals surface area contributed by atoms with E-state index in [1.807, 2.05) is 9.47 Å². The van der Waals surface area contributed by atoms with Gasteiger partial charge in [0, 0.05) is 45.3 Å². The molecule has 1 N–H and O–H groups in total. The molecule has 4 heterocycles. The van der Waals surface area contributed by atoms with E-state index in [0.717, 1.165) is 25.1 Å². The van der Waals surface area contributed by atoms with Gasteiger partial charge in [-0.25, -0.2) is 0 Å². The fourth-order valence-electron chi connectivity index (χ4n) is 4.08. The highest BCUT2D eigenvalue weighted by molar-refractivity contribution is 5.93. The van der Waals surface area contributed by atoms with E-state index in [1.54, 1.807) is 24.0 Å². The average molecular weight is 355 g/mol. The number of nitrogens with zero attached hydrogens (tertiary/aromatic N) is 6. The first-order chi connectivity index (χ1) is 12.6. The van der Waals surface area contributed by atoms with E-state index >= 15 is 0 Å². The first kappa shape index (κ1) is 15.5. The van der Waals surface area contributed by atoms with Gasteiger partial charge in [0.05, 0.1) is 0 Å². The summed E-state index contributed by atoms with van der Waals surface area (Å²) in [5, 5.41) is 15.4. The third-order valence-corrected chi connectivity index (χ3v) is 5.71. The Kier molecular flexibility index (Phi) is 3.38. The van der Waals surface area contributed by atoms with Crippen molar-refractivity contribution in [2.45, 2.75) is 31.8 Å². The normalized spacial score (nSPS) is 24.3. The monoisotopic (exact) mass is 355 g/mol. The van der Waals surface area contributed by atoms with E-state index in [2.05, 4.69) is 20.6 Å². The Labute approximate surface area is 150 Å². The molecule has 26 heavy (non-hydrogen) atoms. The molecule has 1 saturated heterocycles. The third kappa shape index (κ3) is 2.49. The lowest BCUT2D eigenvalue weighted by Crippen LogP contribution is -2.33. The maximum absolute atomic E-state index is 12.8. The van der Waals surface area contributed by atoms with Crippen LogP contribution in [-0.4, -0.2) is 60.4 Å². The second kappa shape index (κ2) is 5.65. The van der Waals surface area contributed by atoms with Crippen LogP contribution in [0.1, 0.15) is 39.8 Å². The molecule has 3 aliphatic rings. The Balaban J connectivity index is 1.33. The number of nitrogens with one attached hydrogen (secondary N) is 1. The molecule has 2 amide bonds. The standard InChI is InChI=1S/C17H21N7O2/c1-22-13(4-5-18-22)17(26)23-7-10-6-14-20-21-15(16(25)19-12-2-3-12)24(14)9-11(10)8-23/h4-5,10-12H,2-3,6-9H2,1H3,(H,19,25)/t10-,11-/m0/s1. The smallest absolute Gasteiger partial charge is 0.289 e. The number of carbonyl (C=O) groups is 2. The van der Waals surface area contributed by atoms with Crippen LogP contribution in [0.3, 0.4) is 0 Å². The number of aromatic nitrogens is 5. The van der Waals surface area contributed by atoms with E-state index in [1.165, 1.54) is 0 Å². The maximum Gasteiger partial charge on any atom is 0.289 e. The van der Waals surface area contributed by atoms with Crippen LogP contribution in [0.15, 0.2) is 12.3 Å². The van der Waals surface area contributed by atoms with Crippen LogP contribution < -0.4 is 5.32 Å². The van der Waals surface area contributed by atoms with E-state index < -0.39 is 0 Å². The molecule has 5 rings (SSSR count). The number of hydrogen-bond donors (Lipinski definition) is 1. The molecule has 2 aromatic heterocycles. The van der Waals surface area contributed by atoms with Gasteiger partial charge in [-0.05, 0) is 30.7 Å². The molecule has 2 fully saturated rings. The van der Waals surface area contributed by atoms with Crippen LogP contribution in [0.4, 0.5) is 0 Å². The van der Waals surface area contributed by atoms with Crippen molar-refractivity contribution in [3.63, 3.8) is 0 Å². The summed E-state index contributed by atoms with van der Waals surface area (Å²) < 4.78 is 3.55. The van der Waals surface area contributed by atoms with Crippen molar-refractivity contribution in [1.82, 2.24) is 34.8 Å². The first-order valence-corrected chi connectivity index (χ1v) is 9.10. The van der Waals surface area contributed by atoms with Crippen LogP contribution in [0.25, 0.3) is 0 Å². The highest BCUT2D eigenvalue weighted by atomic mass is 16.2. The van der Waals surface area contributed by atoms with E-state index in [9.17, 15) is 9.59 Å². The van der Waals surface area contributed by atoms with Crippen LogP contribution in [0.5, 0.6) is 0 Å². The van der Waals surface area contributed by atoms with Crippen molar-refractivity contribution in [3.8, 4) is 0 Å². The predicted octanol–water partition coefficient (Wildman–Crippen LogP) is -0.152. The number of aryl methyl sites for hydroxylation is 1. The largest absolute Gasteiger partial charge is 0.347 e. The summed E-state index contributed by atoms with van der Waals surface area (Å²) in [6.07, 6.45) is 4.48. The lowest BCUT2D eigenvalue weighted by molar-refractivity contribution is 0.0772. The van der Waals surface area contributed by atoms with Crippen molar-refractivity contribution in [3.05, 3.63) is 29.6 Å². The fourth-order valence-corrected chi connectivity index (χ4v) is 4.08. The summed E-state index contributed by atoms with van der Waals surface area (Å²) in [6, 6.07) is 2.05. The number of rotatable bonds is 3. The number of hydrogen-bond acceptors (Lipinski definition) is 5. The van der Waals surface area contributed by atoms with Gasteiger partial charge in [0.25, 0.3) is 11.8 Å². The predicted molar refractivity (Wildman–Crippen MR) is 90.3 cm³/mol. The average Bonchev–Trinajstić information content (AvgIpc) is 3.03. The minimum atomic E-state index is -0.134. The molecule has 136 valence electrons. The summed E-state index contributed by atoms with van der Waals surface area (Å²) in [4.78, 5) is 27.0. The SMILES string of the molecule is Cn1nccc1C(=O)N1C[C@@H]2Cc3nnc(C(=O)NC4CC4)n3C[C@@H]2C1. The van der Waals surface area contributed by atoms with Crippen molar-refractivity contribution in [2.75, 3.05) is 13.1 Å². The molecule has 9 nitrogen and oxygen atoms in total. The molecular weight excluding hydrogens is 334 g/mol. The molecular formula is C17H21N7O2.